The van der Waals surface area contributed by atoms with Crippen LogP contribution in [0.5, 0.6) is 0 Å². The Morgan fingerprint density at radius 2 is 0.889 bits per heavy atom. The van der Waals surface area contributed by atoms with Crippen molar-refractivity contribution in [2.24, 2.45) is 0 Å². The third kappa shape index (κ3) is 20.1. The summed E-state index contributed by atoms with van der Waals surface area (Å²) in [4.78, 5) is 0. The third-order valence-electron chi connectivity index (χ3n) is 4.97. The van der Waals surface area contributed by atoms with Gasteiger partial charge in [-0.2, -0.15) is 23.3 Å². The summed E-state index contributed by atoms with van der Waals surface area (Å²) in [5, 5.41) is 0. The third-order valence-corrected chi connectivity index (χ3v) is 4.97. The molecule has 2 aromatic carbocycles. The molecule has 2 rings (SSSR count). The summed E-state index contributed by atoms with van der Waals surface area (Å²) in [6.45, 7) is 45.1. The van der Waals surface area contributed by atoms with Crippen molar-refractivity contribution in [1.82, 2.24) is 0 Å². The zero-order valence-electron chi connectivity index (χ0n) is 23.9. The summed E-state index contributed by atoms with van der Waals surface area (Å²) in [6.07, 6.45) is 0. The number of rotatable bonds is 0. The molecule has 2 aromatic rings. The van der Waals surface area contributed by atoms with Crippen LogP contribution in [0.15, 0.2) is 36.4 Å². The van der Waals surface area contributed by atoms with Crippen LogP contribution in [-0.2, 0) is 82.4 Å². The van der Waals surface area contributed by atoms with E-state index in [0.29, 0.717) is 0 Å². The van der Waals surface area contributed by atoms with Crippen molar-refractivity contribution in [1.29, 1.82) is 0 Å². The molecule has 0 bridgehead atoms. The topological polar surface area (TPSA) is 79.6 Å². The minimum absolute atomic E-state index is 0. The van der Waals surface area contributed by atoms with Crippen molar-refractivity contribution < 1.29 is 60.7 Å². The second-order valence-electron chi connectivity index (χ2n) is 11.8. The molecule has 0 amide bonds. The van der Waals surface area contributed by atoms with E-state index in [1.807, 2.05) is 0 Å². The molecule has 0 aromatic heterocycles. The van der Waals surface area contributed by atoms with Crippen LogP contribution in [0.4, 0.5) is 0 Å². The Balaban J connectivity index is -0.0000000936. The van der Waals surface area contributed by atoms with Crippen molar-refractivity contribution in [3.05, 3.63) is 85.3 Å². The molecule has 0 aliphatic heterocycles. The van der Waals surface area contributed by atoms with Crippen LogP contribution < -0.4 is 0 Å². The molecule has 0 spiro atoms. The molecule has 0 radical (unpaired) electrons. The van der Waals surface area contributed by atoms with Crippen LogP contribution >= 0.6 is 0 Å². The summed E-state index contributed by atoms with van der Waals surface area (Å²) < 4.78 is 30.0. The van der Waals surface area contributed by atoms with Gasteiger partial charge in [0.15, 0.2) is 0 Å². The Morgan fingerprint density at radius 3 is 1.03 bits per heavy atom. The first-order valence-electron chi connectivity index (χ1n) is 10.8. The molecule has 0 aliphatic rings. The second-order valence-corrected chi connectivity index (χ2v) is 11.8. The van der Waals surface area contributed by atoms with E-state index in [4.69, 9.17) is 18.6 Å². The van der Waals surface area contributed by atoms with Gasteiger partial charge in [-0.3, -0.25) is 0 Å². The van der Waals surface area contributed by atoms with Crippen molar-refractivity contribution in [2.75, 3.05) is 0 Å². The van der Waals surface area contributed by atoms with E-state index in [0.717, 1.165) is 0 Å². The SMILES string of the molecule is CC(C)(C)[c-]1[cH-][cH-][c-](C(C)(C)C)[cH-]1.CC(C)(C)c1cc[c-](C(C)(C)C)c1.[C-]#[O+].[C-]#[O+].[C-]#[O+].[C-]#[O+].[Mo].[Mo]. The summed E-state index contributed by atoms with van der Waals surface area (Å²) in [5.41, 5.74) is 6.89. The number of hydrogen-bond acceptors (Lipinski definition) is 0. The Bertz CT molecular complexity index is 723. The number of hydrogen-bond donors (Lipinski definition) is 0. The van der Waals surface area contributed by atoms with Crippen LogP contribution in [0.25, 0.3) is 0 Å². The van der Waals surface area contributed by atoms with Gasteiger partial charge in [-0.15, -0.1) is 0 Å². The molecular weight excluding hydrogens is 616 g/mol. The fourth-order valence-corrected chi connectivity index (χ4v) is 2.75. The van der Waals surface area contributed by atoms with E-state index < -0.39 is 0 Å². The molecule has 0 N–H and O–H groups in total. The molecule has 36 heavy (non-hydrogen) atoms. The van der Waals surface area contributed by atoms with E-state index in [1.54, 1.807) is 0 Å². The van der Waals surface area contributed by atoms with Crippen molar-refractivity contribution >= 4 is 0 Å². The van der Waals surface area contributed by atoms with Gasteiger partial charge in [0.1, 0.15) is 0 Å². The average Bonchev–Trinajstić information content (AvgIpc) is 3.44. The Kier molecular flexibility index (Phi) is 29.5. The molecule has 6 heteroatoms. The maximum absolute atomic E-state index is 7.50. The fourth-order valence-electron chi connectivity index (χ4n) is 2.75. The molecule has 0 aliphatic carbocycles. The summed E-state index contributed by atoms with van der Waals surface area (Å²) >= 11 is 0. The Labute approximate surface area is 249 Å². The largest absolute Gasteiger partial charge is 0 e. The first-order chi connectivity index (χ1) is 15.4. The van der Waals surface area contributed by atoms with Gasteiger partial charge in [0.2, 0.25) is 0 Å². The first kappa shape index (κ1) is 48.1. The Morgan fingerprint density at radius 1 is 0.583 bits per heavy atom. The van der Waals surface area contributed by atoms with E-state index >= 15 is 0 Å². The zero-order chi connectivity index (χ0) is 28.6. The van der Waals surface area contributed by atoms with Crippen molar-refractivity contribution in [3.8, 4) is 0 Å². The van der Waals surface area contributed by atoms with Gasteiger partial charge in [-0.1, -0.05) is 93.9 Å². The molecular formula is C30H42Mo2O4-6. The summed E-state index contributed by atoms with van der Waals surface area (Å²) in [6, 6.07) is 13.7. The van der Waals surface area contributed by atoms with Crippen LogP contribution in [0.3, 0.4) is 0 Å². The Hall–Kier alpha value is -0.963. The normalized spacial score (nSPS) is 9.89. The second kappa shape index (κ2) is 22.1. The van der Waals surface area contributed by atoms with Crippen LogP contribution in [-0.4, -0.2) is 0 Å². The van der Waals surface area contributed by atoms with Crippen LogP contribution in [0.2, 0.25) is 0 Å². The molecule has 0 atom stereocenters. The van der Waals surface area contributed by atoms with E-state index in [9.17, 15) is 0 Å². The molecule has 0 unspecified atom stereocenters. The quantitative estimate of drug-likeness (QED) is 0.157. The predicted molar refractivity (Wildman–Crippen MR) is 135 cm³/mol. The van der Waals surface area contributed by atoms with Crippen molar-refractivity contribution in [2.45, 2.75) is 105 Å². The van der Waals surface area contributed by atoms with Crippen LogP contribution in [0.1, 0.15) is 105 Å². The van der Waals surface area contributed by atoms with Gasteiger partial charge in [0.05, 0.1) is 0 Å². The molecule has 0 saturated carbocycles. The standard InChI is InChI=1S/2C13H21.4CO.2Mo/c2*1-12(2,3)10-7-8-11(9-10)13(4,5)6;4*1-2;;/h2*7-9H,1-6H3;;;;;;/q-5;-1;;;;;;. The van der Waals surface area contributed by atoms with Gasteiger partial charge in [-0.05, 0) is 0 Å². The minimum Gasteiger partial charge on any atom is 0 e. The maximum atomic E-state index is 7.50. The van der Waals surface area contributed by atoms with E-state index in [-0.39, 0.29) is 63.8 Å². The zero-order valence-corrected chi connectivity index (χ0v) is 27.9. The van der Waals surface area contributed by atoms with Gasteiger partial charge >= 0.3 is 45.2 Å². The predicted octanol–water partition coefficient (Wildman–Crippen LogP) is 7.85. The van der Waals surface area contributed by atoms with Gasteiger partial charge in [0, 0.05) is 42.1 Å². The first-order valence-corrected chi connectivity index (χ1v) is 10.8. The maximum Gasteiger partial charge on any atom is 0 e. The molecule has 4 nitrogen and oxygen atoms in total. The van der Waals surface area contributed by atoms with Gasteiger partial charge in [-0.25, -0.2) is 16.9 Å². The minimum atomic E-state index is 0. The summed E-state index contributed by atoms with van der Waals surface area (Å²) in [7, 11) is 0. The average molecular weight is 659 g/mol. The smallest absolute Gasteiger partial charge is 0 e. The van der Waals surface area contributed by atoms with Gasteiger partial charge in [0.25, 0.3) is 0 Å². The molecule has 0 saturated heterocycles. The monoisotopic (exact) mass is 662 g/mol. The van der Waals surface area contributed by atoms with E-state index in [2.05, 4.69) is 146 Å². The fraction of sp³-hybridized carbons (Fsp3) is 0.533. The van der Waals surface area contributed by atoms with Gasteiger partial charge < -0.3 is 29.3 Å². The molecule has 0 heterocycles. The van der Waals surface area contributed by atoms with E-state index in [1.165, 1.54) is 22.3 Å². The van der Waals surface area contributed by atoms with Crippen molar-refractivity contribution in [3.63, 3.8) is 0 Å². The molecule has 0 fully saturated rings. The summed E-state index contributed by atoms with van der Waals surface area (Å²) in [5.74, 6) is 0. The van der Waals surface area contributed by atoms with Crippen LogP contribution in [0, 0.1) is 26.6 Å². The molecule has 204 valence electrons.